The largest absolute Gasteiger partial charge is 0.497 e. The topological polar surface area (TPSA) is 78.9 Å². The lowest BCUT2D eigenvalue weighted by molar-refractivity contribution is 0.415. The fourth-order valence-corrected chi connectivity index (χ4v) is 4.70. The fourth-order valence-electron chi connectivity index (χ4n) is 3.81. The number of thioether (sulfide) groups is 1. The first kappa shape index (κ1) is 20.7. The molecule has 1 aliphatic carbocycles. The number of hydrogen-bond acceptors (Lipinski definition) is 7. The van der Waals surface area contributed by atoms with Crippen LogP contribution >= 0.6 is 11.8 Å². The van der Waals surface area contributed by atoms with Crippen molar-refractivity contribution < 1.29 is 9.15 Å². The van der Waals surface area contributed by atoms with E-state index in [4.69, 9.17) is 9.15 Å². The maximum atomic E-state index is 5.94. The lowest BCUT2D eigenvalue weighted by Gasteiger charge is -2.21. The summed E-state index contributed by atoms with van der Waals surface area (Å²) in [6, 6.07) is 7.57. The Bertz CT molecular complexity index is 976. The van der Waals surface area contributed by atoms with Crippen LogP contribution in [0.3, 0.4) is 0 Å². The van der Waals surface area contributed by atoms with E-state index in [1.807, 2.05) is 37.3 Å². The van der Waals surface area contributed by atoms with Crippen molar-refractivity contribution in [1.82, 2.24) is 25.0 Å². The average molecular weight is 426 g/mol. The number of benzene rings is 1. The smallest absolute Gasteiger partial charge is 0.247 e. The van der Waals surface area contributed by atoms with Crippen molar-refractivity contribution in [2.24, 2.45) is 0 Å². The summed E-state index contributed by atoms with van der Waals surface area (Å²) in [4.78, 5) is 0. The van der Waals surface area contributed by atoms with E-state index in [1.165, 1.54) is 32.1 Å². The predicted octanol–water partition coefficient (Wildman–Crippen LogP) is 5.42. The highest BCUT2D eigenvalue weighted by Gasteiger charge is 2.25. The third-order valence-electron chi connectivity index (χ3n) is 5.43. The molecule has 0 amide bonds. The first-order valence-corrected chi connectivity index (χ1v) is 11.3. The van der Waals surface area contributed by atoms with Gasteiger partial charge in [-0.25, -0.2) is 0 Å². The third-order valence-corrected chi connectivity index (χ3v) is 6.50. The second-order valence-electron chi connectivity index (χ2n) is 7.51. The van der Waals surface area contributed by atoms with E-state index >= 15 is 0 Å². The van der Waals surface area contributed by atoms with Gasteiger partial charge in [-0.3, -0.25) is 0 Å². The summed E-state index contributed by atoms with van der Waals surface area (Å²) in [7, 11) is 1.64. The maximum absolute atomic E-state index is 5.94. The van der Waals surface area contributed by atoms with Crippen LogP contribution in [0.15, 0.2) is 46.5 Å². The fraction of sp³-hybridized carbons (Fsp3) is 0.455. The van der Waals surface area contributed by atoms with E-state index in [0.29, 0.717) is 24.2 Å². The summed E-state index contributed by atoms with van der Waals surface area (Å²) < 4.78 is 13.3. The van der Waals surface area contributed by atoms with Gasteiger partial charge in [0.25, 0.3) is 0 Å². The van der Waals surface area contributed by atoms with Crippen LogP contribution < -0.4 is 4.74 Å². The van der Waals surface area contributed by atoms with Crippen LogP contribution in [0.4, 0.5) is 0 Å². The molecule has 2 heterocycles. The molecule has 1 atom stereocenters. The van der Waals surface area contributed by atoms with E-state index in [0.717, 1.165) is 22.3 Å². The van der Waals surface area contributed by atoms with Crippen molar-refractivity contribution in [2.75, 3.05) is 7.11 Å². The Morgan fingerprint density at radius 1 is 1.17 bits per heavy atom. The monoisotopic (exact) mass is 425 g/mol. The maximum Gasteiger partial charge on any atom is 0.247 e. The van der Waals surface area contributed by atoms with Crippen LogP contribution in [-0.4, -0.2) is 32.1 Å². The van der Waals surface area contributed by atoms with Crippen LogP contribution in [0.2, 0.25) is 0 Å². The van der Waals surface area contributed by atoms with Crippen molar-refractivity contribution in [1.29, 1.82) is 0 Å². The summed E-state index contributed by atoms with van der Waals surface area (Å²) in [6.45, 7) is 6.66. The Morgan fingerprint density at radius 2 is 1.93 bits per heavy atom. The van der Waals surface area contributed by atoms with Crippen LogP contribution in [0.25, 0.3) is 11.5 Å². The Balaban J connectivity index is 1.51. The molecular weight excluding hydrogens is 398 g/mol. The number of methoxy groups -OCH3 is 1. The molecule has 3 aromatic rings. The summed E-state index contributed by atoms with van der Waals surface area (Å²) in [5, 5.41) is 18.3. The number of allylic oxidation sites excluding steroid dienone is 1. The molecular formula is C22H27N5O2S. The second kappa shape index (κ2) is 9.47. The molecule has 0 bridgehead atoms. The van der Waals surface area contributed by atoms with Crippen molar-refractivity contribution in [2.45, 2.75) is 61.9 Å². The Morgan fingerprint density at radius 3 is 2.63 bits per heavy atom. The molecule has 0 aliphatic heterocycles. The molecule has 2 aromatic heterocycles. The Hall–Kier alpha value is -2.61. The van der Waals surface area contributed by atoms with Crippen molar-refractivity contribution in [3.8, 4) is 17.2 Å². The lowest BCUT2D eigenvalue weighted by atomic mass is 9.89. The molecule has 1 saturated carbocycles. The van der Waals surface area contributed by atoms with Crippen LogP contribution in [-0.2, 0) is 6.54 Å². The van der Waals surface area contributed by atoms with Gasteiger partial charge in [-0.2, -0.15) is 0 Å². The number of nitrogens with zero attached hydrogens (tertiary/aromatic N) is 5. The Kier molecular flexibility index (Phi) is 6.52. The molecule has 1 aromatic carbocycles. The van der Waals surface area contributed by atoms with E-state index in [2.05, 4.69) is 31.5 Å². The Labute approximate surface area is 180 Å². The normalized spacial score (nSPS) is 15.8. The molecule has 1 fully saturated rings. The molecule has 0 saturated heterocycles. The first-order chi connectivity index (χ1) is 14.7. The molecule has 30 heavy (non-hydrogen) atoms. The summed E-state index contributed by atoms with van der Waals surface area (Å²) in [6.07, 6.45) is 8.12. The third kappa shape index (κ3) is 4.43. The minimum Gasteiger partial charge on any atom is -0.497 e. The van der Waals surface area contributed by atoms with Gasteiger partial charge in [0.2, 0.25) is 11.8 Å². The highest BCUT2D eigenvalue weighted by molar-refractivity contribution is 7.99. The molecule has 158 valence electrons. The minimum absolute atomic E-state index is 0.0449. The molecule has 0 spiro atoms. The first-order valence-electron chi connectivity index (χ1n) is 10.4. The van der Waals surface area contributed by atoms with Crippen molar-refractivity contribution in [3.05, 3.63) is 48.6 Å². The molecule has 1 aliphatic rings. The summed E-state index contributed by atoms with van der Waals surface area (Å²) in [5.41, 5.74) is 0.862. The highest BCUT2D eigenvalue weighted by atomic mass is 32.2. The number of hydrogen-bond donors (Lipinski definition) is 0. The van der Waals surface area contributed by atoms with E-state index < -0.39 is 0 Å². The van der Waals surface area contributed by atoms with E-state index in [1.54, 1.807) is 18.9 Å². The zero-order valence-electron chi connectivity index (χ0n) is 17.5. The second-order valence-corrected chi connectivity index (χ2v) is 8.82. The predicted molar refractivity (Wildman–Crippen MR) is 117 cm³/mol. The van der Waals surface area contributed by atoms with E-state index in [-0.39, 0.29) is 5.25 Å². The van der Waals surface area contributed by atoms with Crippen molar-refractivity contribution in [3.63, 3.8) is 0 Å². The van der Waals surface area contributed by atoms with Crippen LogP contribution in [0, 0.1) is 0 Å². The van der Waals surface area contributed by atoms with Crippen LogP contribution in [0.5, 0.6) is 5.75 Å². The average Bonchev–Trinajstić information content (AvgIpc) is 3.43. The molecule has 0 unspecified atom stereocenters. The zero-order chi connectivity index (χ0) is 20.9. The SMILES string of the molecule is C=CCn1c(S[C@H](C)c2nnc(-c3ccc(OC)cc3)o2)nnc1C1CCCCC1. The van der Waals surface area contributed by atoms with Crippen LogP contribution in [0.1, 0.15) is 61.9 Å². The lowest BCUT2D eigenvalue weighted by Crippen LogP contribution is -2.12. The number of ether oxygens (including phenoxy) is 1. The van der Waals surface area contributed by atoms with Gasteiger partial charge in [0.1, 0.15) is 11.6 Å². The van der Waals surface area contributed by atoms with Gasteiger partial charge in [-0.05, 0) is 44.0 Å². The van der Waals surface area contributed by atoms with Gasteiger partial charge in [0, 0.05) is 18.0 Å². The van der Waals surface area contributed by atoms with Crippen molar-refractivity contribution >= 4 is 11.8 Å². The standard InChI is InChI=1S/C22H27N5O2S/c1-4-14-27-19(16-8-6-5-7-9-16)23-26-22(27)30-15(2)20-24-25-21(29-20)17-10-12-18(28-3)13-11-17/h4,10-13,15-16H,1,5-9,14H2,2-3H3/t15-/m1/s1. The quantitative estimate of drug-likeness (QED) is 0.352. The summed E-state index contributed by atoms with van der Waals surface area (Å²) >= 11 is 1.59. The summed E-state index contributed by atoms with van der Waals surface area (Å²) in [5.74, 6) is 3.42. The molecule has 4 rings (SSSR count). The molecule has 0 radical (unpaired) electrons. The van der Waals surface area contributed by atoms with Gasteiger partial charge < -0.3 is 13.7 Å². The van der Waals surface area contributed by atoms with E-state index in [9.17, 15) is 0 Å². The van der Waals surface area contributed by atoms with Gasteiger partial charge in [0.05, 0.1) is 12.4 Å². The minimum atomic E-state index is -0.0449. The van der Waals surface area contributed by atoms with Gasteiger partial charge in [-0.15, -0.1) is 27.0 Å². The van der Waals surface area contributed by atoms with Gasteiger partial charge >= 0.3 is 0 Å². The zero-order valence-corrected chi connectivity index (χ0v) is 18.3. The number of aromatic nitrogens is 5. The van der Waals surface area contributed by atoms with Gasteiger partial charge in [0.15, 0.2) is 5.16 Å². The highest BCUT2D eigenvalue weighted by Crippen LogP contribution is 2.37. The number of rotatable bonds is 8. The molecule has 7 nitrogen and oxygen atoms in total. The molecule has 0 N–H and O–H groups in total. The van der Waals surface area contributed by atoms with Gasteiger partial charge in [-0.1, -0.05) is 37.1 Å². The molecule has 8 heteroatoms.